The number of rotatable bonds is 7. The highest BCUT2D eigenvalue weighted by Gasteiger charge is 2.29. The minimum atomic E-state index is -3.67. The Morgan fingerprint density at radius 3 is 2.28 bits per heavy atom. The van der Waals surface area contributed by atoms with E-state index in [0.29, 0.717) is 5.71 Å². The maximum atomic E-state index is 12.1. The molecule has 10 heteroatoms. The monoisotopic (exact) mass is 411 g/mol. The van der Waals surface area contributed by atoms with Gasteiger partial charge in [-0.15, -0.1) is 0 Å². The summed E-state index contributed by atoms with van der Waals surface area (Å²) < 4.78 is 33.9. The first-order valence-electron chi connectivity index (χ1n) is 9.21. The van der Waals surface area contributed by atoms with Crippen molar-refractivity contribution in [1.29, 1.82) is 0 Å². The molecule has 1 aromatic rings. The van der Waals surface area contributed by atoms with Gasteiger partial charge in [-0.25, -0.2) is 4.79 Å². The molecular weight excluding hydrogens is 384 g/mol. The Morgan fingerprint density at radius 1 is 1.21 bits per heavy atom. The summed E-state index contributed by atoms with van der Waals surface area (Å²) in [5, 5.41) is 4.33. The van der Waals surface area contributed by atoms with Crippen LogP contribution in [0.1, 0.15) is 13.8 Å². The van der Waals surface area contributed by atoms with Gasteiger partial charge >= 0.3 is 13.5 Å². The predicted octanol–water partition coefficient (Wildman–Crippen LogP) is 2.32. The first-order chi connectivity index (χ1) is 13.8. The molecule has 0 bridgehead atoms. The lowest BCUT2D eigenvalue weighted by atomic mass is 10.1. The lowest BCUT2D eigenvalue weighted by molar-refractivity contribution is -0.834. The van der Waals surface area contributed by atoms with E-state index in [1.165, 1.54) is 7.11 Å². The average molecular weight is 411 g/mol. The number of carbonyl (C=O) groups excluding carboxylic acids is 1. The fourth-order valence-corrected chi connectivity index (χ4v) is 2.75. The number of likely N-dealkylation sites (N-methyl/N-ethyl adjacent to an activating group) is 1. The third kappa shape index (κ3) is 8.02. The topological polar surface area (TPSA) is 58.4 Å². The molecule has 0 radical (unpaired) electrons. The van der Waals surface area contributed by atoms with E-state index in [9.17, 15) is 17.7 Å². The van der Waals surface area contributed by atoms with E-state index < -0.39 is 13.5 Å². The Hall–Kier alpha value is -2.75. The highest BCUT2D eigenvalue weighted by molar-refractivity contribution is 6.38. The first kappa shape index (κ1) is 24.3. The van der Waals surface area contributed by atoms with E-state index in [1.54, 1.807) is 0 Å². The van der Waals surface area contributed by atoms with Crippen molar-refractivity contribution in [2.45, 2.75) is 19.9 Å². The molecule has 0 amide bonds. The van der Waals surface area contributed by atoms with Gasteiger partial charge in [0.2, 0.25) is 5.71 Å². The number of esters is 1. The Kier molecular flexibility index (Phi) is 10.6. The van der Waals surface area contributed by atoms with Crippen molar-refractivity contribution in [1.82, 2.24) is 0 Å². The number of ether oxygens (including phenoxy) is 1. The van der Waals surface area contributed by atoms with Crippen LogP contribution in [0.3, 0.4) is 0 Å². The first-order valence-corrected chi connectivity index (χ1v) is 9.21. The van der Waals surface area contributed by atoms with E-state index in [2.05, 4.69) is 29.3 Å². The maximum Gasteiger partial charge on any atom is 0.762 e. The molecule has 0 spiro atoms. The molecule has 2 atom stereocenters. The summed E-state index contributed by atoms with van der Waals surface area (Å²) in [5.74, 6) is -0.434. The van der Waals surface area contributed by atoms with Gasteiger partial charge in [0.05, 0.1) is 26.0 Å². The SMILES string of the molecule is CCN(CC)c1ccc(N/N=C(\C(=O)OC)C2C=CC=C[NH+]2C)cc1.FB(F)F. The van der Waals surface area contributed by atoms with Gasteiger partial charge in [0, 0.05) is 18.8 Å². The zero-order chi connectivity index (χ0) is 21.8. The smallest absolute Gasteiger partial charge is 0.464 e. The van der Waals surface area contributed by atoms with Crippen LogP contribution in [0.5, 0.6) is 0 Å². The van der Waals surface area contributed by atoms with Crippen molar-refractivity contribution in [3.63, 3.8) is 0 Å². The van der Waals surface area contributed by atoms with Gasteiger partial charge in [-0.3, -0.25) is 18.4 Å². The summed E-state index contributed by atoms with van der Waals surface area (Å²) >= 11 is 0. The molecule has 2 unspecified atom stereocenters. The van der Waals surface area contributed by atoms with Gasteiger partial charge in [0.25, 0.3) is 0 Å². The molecule has 1 aliphatic heterocycles. The number of hydrazone groups is 1. The second-order valence-corrected chi connectivity index (χ2v) is 6.03. The van der Waals surface area contributed by atoms with Crippen LogP contribution in [-0.4, -0.2) is 52.5 Å². The Morgan fingerprint density at radius 2 is 1.79 bits per heavy atom. The van der Waals surface area contributed by atoms with E-state index in [-0.39, 0.29) is 6.04 Å². The second kappa shape index (κ2) is 12.7. The molecule has 1 aliphatic rings. The highest BCUT2D eigenvalue weighted by Crippen LogP contribution is 2.17. The van der Waals surface area contributed by atoms with E-state index in [0.717, 1.165) is 29.4 Å². The second-order valence-electron chi connectivity index (χ2n) is 6.03. The van der Waals surface area contributed by atoms with Crippen molar-refractivity contribution in [2.24, 2.45) is 5.10 Å². The third-order valence-electron chi connectivity index (χ3n) is 4.25. The highest BCUT2D eigenvalue weighted by atomic mass is 19.4. The quantitative estimate of drug-likeness (QED) is 0.313. The van der Waals surface area contributed by atoms with Crippen LogP contribution in [-0.2, 0) is 9.53 Å². The van der Waals surface area contributed by atoms with Gasteiger partial charge in [-0.05, 0) is 50.3 Å². The van der Waals surface area contributed by atoms with Crippen LogP contribution in [0.2, 0.25) is 0 Å². The number of benzene rings is 1. The summed E-state index contributed by atoms with van der Waals surface area (Å²) in [6.07, 6.45) is 7.77. The van der Waals surface area contributed by atoms with Gasteiger partial charge in [-0.1, -0.05) is 6.08 Å². The van der Waals surface area contributed by atoms with Crippen LogP contribution in [0.4, 0.5) is 24.3 Å². The third-order valence-corrected chi connectivity index (χ3v) is 4.25. The van der Waals surface area contributed by atoms with Crippen molar-refractivity contribution >= 4 is 30.6 Å². The molecule has 0 aliphatic carbocycles. The molecule has 1 aromatic carbocycles. The molecular formula is C19H27BF3N4O2+. The van der Waals surface area contributed by atoms with Crippen molar-refractivity contribution in [2.75, 3.05) is 37.6 Å². The molecule has 6 nitrogen and oxygen atoms in total. The summed E-state index contributed by atoms with van der Waals surface area (Å²) in [4.78, 5) is 15.4. The number of nitrogens with one attached hydrogen (secondary N) is 2. The van der Waals surface area contributed by atoms with Crippen LogP contribution < -0.4 is 15.2 Å². The number of carbonyl (C=O) groups is 1. The van der Waals surface area contributed by atoms with E-state index >= 15 is 0 Å². The van der Waals surface area contributed by atoms with Crippen LogP contribution >= 0.6 is 0 Å². The fourth-order valence-electron chi connectivity index (χ4n) is 2.75. The van der Waals surface area contributed by atoms with Crippen molar-refractivity contribution < 1.29 is 27.4 Å². The molecule has 0 saturated carbocycles. The normalized spacial score (nSPS) is 17.8. The molecule has 0 aromatic heterocycles. The molecule has 0 saturated heterocycles. The van der Waals surface area contributed by atoms with E-state index in [4.69, 9.17) is 4.74 Å². The average Bonchev–Trinajstić information content (AvgIpc) is 2.70. The number of hydrogen-bond donors (Lipinski definition) is 2. The van der Waals surface area contributed by atoms with Crippen molar-refractivity contribution in [3.05, 3.63) is 48.7 Å². The Bertz CT molecular complexity index is 720. The number of hydrogen-bond acceptors (Lipinski definition) is 5. The minimum absolute atomic E-state index is 0.181. The maximum absolute atomic E-state index is 12.1. The number of quaternary nitrogens is 1. The molecule has 0 fully saturated rings. The van der Waals surface area contributed by atoms with Gasteiger partial charge < -0.3 is 14.5 Å². The number of nitrogens with zero attached hydrogens (tertiary/aromatic N) is 2. The van der Waals surface area contributed by atoms with Crippen LogP contribution in [0, 0.1) is 0 Å². The molecule has 1 heterocycles. The predicted molar refractivity (Wildman–Crippen MR) is 111 cm³/mol. The number of methoxy groups -OCH3 is 1. The molecule has 2 rings (SSSR count). The van der Waals surface area contributed by atoms with Gasteiger partial charge in [0.15, 0.2) is 6.04 Å². The number of allylic oxidation sites excluding steroid dienone is 2. The number of anilines is 2. The Labute approximate surface area is 169 Å². The van der Waals surface area contributed by atoms with Crippen molar-refractivity contribution in [3.8, 4) is 0 Å². The van der Waals surface area contributed by atoms with Crippen LogP contribution in [0.15, 0.2) is 53.8 Å². The van der Waals surface area contributed by atoms with Gasteiger partial charge in [0.1, 0.15) is 0 Å². The molecule has 158 valence electrons. The summed E-state index contributed by atoms with van der Waals surface area (Å²) in [6.45, 7) is 6.19. The largest absolute Gasteiger partial charge is 0.762 e. The van der Waals surface area contributed by atoms with E-state index in [1.807, 2.05) is 55.7 Å². The van der Waals surface area contributed by atoms with Gasteiger partial charge in [-0.2, -0.15) is 5.10 Å². The summed E-state index contributed by atoms with van der Waals surface area (Å²) in [6, 6.07) is 7.82. The van der Waals surface area contributed by atoms with Crippen LogP contribution in [0.25, 0.3) is 0 Å². The molecule has 2 N–H and O–H groups in total. The zero-order valence-corrected chi connectivity index (χ0v) is 17.0. The summed E-state index contributed by atoms with van der Waals surface area (Å²) in [5.41, 5.74) is 5.31. The molecule has 29 heavy (non-hydrogen) atoms. The lowest BCUT2D eigenvalue weighted by Gasteiger charge is -2.22. The summed E-state index contributed by atoms with van der Waals surface area (Å²) in [7, 11) is -0.323. The Balaban J connectivity index is 0.000000960. The lowest BCUT2D eigenvalue weighted by Crippen LogP contribution is -3.10. The zero-order valence-electron chi connectivity index (χ0n) is 17.0. The fraction of sp³-hybridized carbons (Fsp3) is 0.368. The number of halogens is 3. The minimum Gasteiger partial charge on any atom is -0.464 e. The standard InChI is InChI=1S/C19H26N4O2.BF3/c1-5-23(6-2)16-12-10-15(11-13-16)20-21-18(19(24)25-4)17-9-7-8-14-22(17)3;2-1(3)4/h7-14,17,20H,5-6H2,1-4H3;/p+1/b21-18-;.